The summed E-state index contributed by atoms with van der Waals surface area (Å²) in [4.78, 5) is 4.90. The number of hydrogen-bond donors (Lipinski definition) is 3. The predicted octanol–water partition coefficient (Wildman–Crippen LogP) is 3.24. The molecule has 1 aromatic rings. The Labute approximate surface area is 181 Å². The third-order valence-electron chi connectivity index (χ3n) is 4.15. The zero-order valence-corrected chi connectivity index (χ0v) is 19.6. The van der Waals surface area contributed by atoms with Crippen molar-refractivity contribution < 1.29 is 8.42 Å². The summed E-state index contributed by atoms with van der Waals surface area (Å²) >= 11 is 0. The number of guanidine groups is 1. The molecule has 1 saturated carbocycles. The molecule has 8 heteroatoms. The van der Waals surface area contributed by atoms with Crippen LogP contribution in [0.3, 0.4) is 0 Å². The Morgan fingerprint density at radius 1 is 1.19 bits per heavy atom. The van der Waals surface area contributed by atoms with Crippen LogP contribution in [0.1, 0.15) is 52.0 Å². The summed E-state index contributed by atoms with van der Waals surface area (Å²) in [6.07, 6.45) is 4.17. The number of sulfonamides is 1. The molecule has 0 amide bonds. The van der Waals surface area contributed by atoms with Gasteiger partial charge in [-0.3, -0.25) is 0 Å². The Hall–Kier alpha value is -0.870. The molecule has 0 radical (unpaired) electrons. The van der Waals surface area contributed by atoms with E-state index >= 15 is 0 Å². The van der Waals surface area contributed by atoms with Gasteiger partial charge in [0, 0.05) is 19.1 Å². The molecule has 1 fully saturated rings. The van der Waals surface area contributed by atoms with Crippen LogP contribution in [0.4, 0.5) is 0 Å². The zero-order chi connectivity index (χ0) is 19.0. The van der Waals surface area contributed by atoms with Gasteiger partial charge in [0.05, 0.1) is 11.4 Å². The first kappa shape index (κ1) is 24.2. The van der Waals surface area contributed by atoms with E-state index in [4.69, 9.17) is 0 Å². The van der Waals surface area contributed by atoms with Gasteiger partial charge in [-0.05, 0) is 56.2 Å². The van der Waals surface area contributed by atoms with Gasteiger partial charge < -0.3 is 10.6 Å². The van der Waals surface area contributed by atoms with Crippen LogP contribution in [0.2, 0.25) is 0 Å². The average molecular weight is 508 g/mol. The van der Waals surface area contributed by atoms with E-state index in [2.05, 4.69) is 34.2 Å². The van der Waals surface area contributed by atoms with Gasteiger partial charge in [-0.15, -0.1) is 24.0 Å². The highest BCUT2D eigenvalue weighted by Gasteiger charge is 2.27. The van der Waals surface area contributed by atoms with E-state index in [0.717, 1.165) is 43.9 Å². The Morgan fingerprint density at radius 3 is 2.41 bits per heavy atom. The van der Waals surface area contributed by atoms with Crippen molar-refractivity contribution in [3.8, 4) is 0 Å². The average Bonchev–Trinajstić information content (AvgIpc) is 3.40. The molecule has 0 aromatic heterocycles. The van der Waals surface area contributed by atoms with Gasteiger partial charge in [0.25, 0.3) is 0 Å². The maximum Gasteiger partial charge on any atom is 0.240 e. The van der Waals surface area contributed by atoms with Crippen molar-refractivity contribution in [3.05, 3.63) is 29.8 Å². The highest BCUT2D eigenvalue weighted by atomic mass is 127. The summed E-state index contributed by atoms with van der Waals surface area (Å²) in [6.45, 7) is 8.70. The smallest absolute Gasteiger partial charge is 0.240 e. The molecule has 0 bridgehead atoms. The molecule has 0 unspecified atom stereocenters. The molecule has 0 heterocycles. The summed E-state index contributed by atoms with van der Waals surface area (Å²) in [5.74, 6) is 1.50. The van der Waals surface area contributed by atoms with Crippen molar-refractivity contribution in [2.75, 3.05) is 13.1 Å². The fourth-order valence-electron chi connectivity index (χ4n) is 2.49. The van der Waals surface area contributed by atoms with Crippen LogP contribution in [0.25, 0.3) is 0 Å². The molecule has 27 heavy (non-hydrogen) atoms. The monoisotopic (exact) mass is 508 g/mol. The van der Waals surface area contributed by atoms with E-state index in [1.165, 1.54) is 6.42 Å². The van der Waals surface area contributed by atoms with E-state index in [0.29, 0.717) is 17.4 Å². The molecule has 154 valence electrons. The third-order valence-corrected chi connectivity index (χ3v) is 5.68. The Balaban J connectivity index is 0.00000364. The molecule has 1 aliphatic carbocycles. The van der Waals surface area contributed by atoms with Gasteiger partial charge in [-0.1, -0.05) is 26.0 Å². The van der Waals surface area contributed by atoms with Gasteiger partial charge in [-0.25, -0.2) is 18.1 Å². The summed E-state index contributed by atoms with van der Waals surface area (Å²) in [7, 11) is -3.39. The van der Waals surface area contributed by atoms with Crippen LogP contribution in [-0.4, -0.2) is 33.5 Å². The number of aliphatic imine (C=N–C) groups is 1. The number of nitrogens with one attached hydrogen (secondary N) is 3. The molecular weight excluding hydrogens is 475 g/mol. The normalized spacial score (nSPS) is 14.7. The highest BCUT2D eigenvalue weighted by Crippen LogP contribution is 2.22. The highest BCUT2D eigenvalue weighted by molar-refractivity contribution is 14.0. The lowest BCUT2D eigenvalue weighted by atomic mass is 10.1. The molecule has 1 aromatic carbocycles. The van der Waals surface area contributed by atoms with E-state index < -0.39 is 10.0 Å². The maximum atomic E-state index is 12.2. The number of hydrogen-bond acceptors (Lipinski definition) is 3. The minimum atomic E-state index is -3.39. The zero-order valence-electron chi connectivity index (χ0n) is 16.5. The fourth-order valence-corrected chi connectivity index (χ4v) is 3.80. The number of rotatable bonds is 10. The Bertz CT molecular complexity index is 686. The third kappa shape index (κ3) is 9.25. The fraction of sp³-hybridized carbons (Fsp3) is 0.632. The standard InChI is InChI=1S/C19H32N4O2S.HI/c1-4-20-19(21-13-5-6-15(2)3)22-14-16-7-11-18(12-8-16)26(24,25)23-17-9-10-17;/h7-8,11-12,15,17,23H,4-6,9-10,13-14H2,1-3H3,(H2,20,21,22);1H. The van der Waals surface area contributed by atoms with Crippen molar-refractivity contribution >= 4 is 40.0 Å². The maximum absolute atomic E-state index is 12.2. The second-order valence-electron chi connectivity index (χ2n) is 7.20. The summed E-state index contributed by atoms with van der Waals surface area (Å²) in [6, 6.07) is 7.08. The largest absolute Gasteiger partial charge is 0.357 e. The quantitative estimate of drug-likeness (QED) is 0.196. The van der Waals surface area contributed by atoms with E-state index in [1.807, 2.05) is 19.1 Å². The number of benzene rings is 1. The van der Waals surface area contributed by atoms with E-state index in [9.17, 15) is 8.42 Å². The first-order chi connectivity index (χ1) is 12.4. The second-order valence-corrected chi connectivity index (χ2v) is 8.91. The Kier molecular flexibility index (Phi) is 10.6. The van der Waals surface area contributed by atoms with Crippen LogP contribution < -0.4 is 15.4 Å². The molecule has 0 saturated heterocycles. The second kappa shape index (κ2) is 11.9. The molecule has 6 nitrogen and oxygen atoms in total. The Morgan fingerprint density at radius 2 is 1.85 bits per heavy atom. The SMILES string of the molecule is CCNC(=NCc1ccc(S(=O)(=O)NC2CC2)cc1)NCCCC(C)C.I. The van der Waals surface area contributed by atoms with Crippen LogP contribution in [0.5, 0.6) is 0 Å². The predicted molar refractivity (Wildman–Crippen MR) is 122 cm³/mol. The first-order valence-corrected chi connectivity index (χ1v) is 11.0. The lowest BCUT2D eigenvalue weighted by molar-refractivity contribution is 0.549. The first-order valence-electron chi connectivity index (χ1n) is 9.54. The van der Waals surface area contributed by atoms with Crippen molar-refractivity contribution in [1.82, 2.24) is 15.4 Å². The lowest BCUT2D eigenvalue weighted by Crippen LogP contribution is -2.37. The van der Waals surface area contributed by atoms with Gasteiger partial charge in [0.15, 0.2) is 5.96 Å². The molecule has 1 aliphatic rings. The number of halogens is 1. The summed E-state index contributed by atoms with van der Waals surface area (Å²) in [5.41, 5.74) is 0.981. The topological polar surface area (TPSA) is 82.6 Å². The van der Waals surface area contributed by atoms with Crippen LogP contribution >= 0.6 is 24.0 Å². The van der Waals surface area contributed by atoms with Crippen LogP contribution in [0, 0.1) is 5.92 Å². The van der Waals surface area contributed by atoms with E-state index in [1.54, 1.807) is 12.1 Å². The van der Waals surface area contributed by atoms with Crippen molar-refractivity contribution in [2.24, 2.45) is 10.9 Å². The summed E-state index contributed by atoms with van der Waals surface area (Å²) in [5, 5.41) is 6.58. The molecule has 2 rings (SSSR count). The number of nitrogens with zero attached hydrogens (tertiary/aromatic N) is 1. The van der Waals surface area contributed by atoms with Crippen molar-refractivity contribution in [3.63, 3.8) is 0 Å². The van der Waals surface area contributed by atoms with Crippen molar-refractivity contribution in [2.45, 2.75) is 63.9 Å². The molecule has 0 aliphatic heterocycles. The van der Waals surface area contributed by atoms with Crippen LogP contribution in [0.15, 0.2) is 34.2 Å². The van der Waals surface area contributed by atoms with Gasteiger partial charge in [-0.2, -0.15) is 0 Å². The molecule has 3 N–H and O–H groups in total. The van der Waals surface area contributed by atoms with Gasteiger partial charge in [0.2, 0.25) is 10.0 Å². The molecular formula is C19H33IN4O2S. The van der Waals surface area contributed by atoms with Gasteiger partial charge in [0.1, 0.15) is 0 Å². The molecule has 0 atom stereocenters. The van der Waals surface area contributed by atoms with Gasteiger partial charge >= 0.3 is 0 Å². The van der Waals surface area contributed by atoms with Crippen LogP contribution in [-0.2, 0) is 16.6 Å². The minimum absolute atomic E-state index is 0. The lowest BCUT2D eigenvalue weighted by Gasteiger charge is -2.12. The molecule has 0 spiro atoms. The van der Waals surface area contributed by atoms with E-state index in [-0.39, 0.29) is 30.0 Å². The summed E-state index contributed by atoms with van der Waals surface area (Å²) < 4.78 is 27.1. The minimum Gasteiger partial charge on any atom is -0.357 e. The van der Waals surface area contributed by atoms with Crippen molar-refractivity contribution in [1.29, 1.82) is 0 Å².